The third kappa shape index (κ3) is 3.09. The first-order chi connectivity index (χ1) is 10.3. The molecule has 0 aliphatic carbocycles. The van der Waals surface area contributed by atoms with E-state index in [1.165, 1.54) is 22.0 Å². The van der Waals surface area contributed by atoms with Crippen LogP contribution in [0.25, 0.3) is 10.9 Å². The number of H-pyrrole nitrogens is 1. The highest BCUT2D eigenvalue weighted by atomic mass is 16.5. The summed E-state index contributed by atoms with van der Waals surface area (Å²) in [5, 5.41) is 4.81. The van der Waals surface area contributed by atoms with Crippen molar-refractivity contribution in [2.24, 2.45) is 0 Å². The fourth-order valence-corrected chi connectivity index (χ4v) is 2.51. The molecule has 2 N–H and O–H groups in total. The SMILES string of the molecule is COc1cccc([C@H](C)NCc2ccc3[nH]ccc3c2)c1. The fraction of sp³-hybridized carbons (Fsp3) is 0.222. The Kier molecular flexibility index (Phi) is 3.93. The van der Waals surface area contributed by atoms with E-state index in [4.69, 9.17) is 4.74 Å². The zero-order chi connectivity index (χ0) is 14.7. The second-order valence-electron chi connectivity index (χ2n) is 5.28. The van der Waals surface area contributed by atoms with Crippen molar-refractivity contribution in [1.29, 1.82) is 0 Å². The maximum Gasteiger partial charge on any atom is 0.119 e. The Labute approximate surface area is 125 Å². The number of benzene rings is 2. The van der Waals surface area contributed by atoms with Crippen molar-refractivity contribution in [2.45, 2.75) is 19.5 Å². The Hall–Kier alpha value is -2.26. The van der Waals surface area contributed by atoms with Crippen molar-refractivity contribution in [3.8, 4) is 5.75 Å². The van der Waals surface area contributed by atoms with Gasteiger partial charge in [0, 0.05) is 24.3 Å². The topological polar surface area (TPSA) is 37.0 Å². The Balaban J connectivity index is 1.68. The lowest BCUT2D eigenvalue weighted by Gasteiger charge is -2.15. The maximum atomic E-state index is 5.28. The summed E-state index contributed by atoms with van der Waals surface area (Å²) >= 11 is 0. The van der Waals surface area contributed by atoms with E-state index in [-0.39, 0.29) is 6.04 Å². The van der Waals surface area contributed by atoms with Crippen LogP contribution in [0.5, 0.6) is 5.75 Å². The summed E-state index contributed by atoms with van der Waals surface area (Å²) < 4.78 is 5.28. The highest BCUT2D eigenvalue weighted by Gasteiger charge is 2.06. The second-order valence-corrected chi connectivity index (χ2v) is 5.28. The minimum atomic E-state index is 0.280. The fourth-order valence-electron chi connectivity index (χ4n) is 2.51. The quantitative estimate of drug-likeness (QED) is 0.740. The molecule has 0 aliphatic heterocycles. The van der Waals surface area contributed by atoms with Gasteiger partial charge >= 0.3 is 0 Å². The third-order valence-corrected chi connectivity index (χ3v) is 3.82. The van der Waals surface area contributed by atoms with Gasteiger partial charge in [0.2, 0.25) is 0 Å². The Morgan fingerprint density at radius 1 is 1.14 bits per heavy atom. The van der Waals surface area contributed by atoms with Crippen molar-refractivity contribution < 1.29 is 4.74 Å². The van der Waals surface area contributed by atoms with Gasteiger partial charge in [0.15, 0.2) is 0 Å². The summed E-state index contributed by atoms with van der Waals surface area (Å²) in [6, 6.07) is 17.1. The van der Waals surface area contributed by atoms with Crippen LogP contribution in [0.3, 0.4) is 0 Å². The molecule has 108 valence electrons. The van der Waals surface area contributed by atoms with Crippen LogP contribution in [0.2, 0.25) is 0 Å². The monoisotopic (exact) mass is 280 g/mol. The molecule has 0 aliphatic rings. The number of hydrogen-bond donors (Lipinski definition) is 2. The molecule has 0 saturated carbocycles. The predicted molar refractivity (Wildman–Crippen MR) is 86.5 cm³/mol. The largest absolute Gasteiger partial charge is 0.497 e. The predicted octanol–water partition coefficient (Wildman–Crippen LogP) is 4.03. The van der Waals surface area contributed by atoms with E-state index in [0.29, 0.717) is 0 Å². The van der Waals surface area contributed by atoms with Crippen LogP contribution in [-0.4, -0.2) is 12.1 Å². The molecule has 21 heavy (non-hydrogen) atoms. The number of rotatable bonds is 5. The van der Waals surface area contributed by atoms with Crippen LogP contribution in [0.1, 0.15) is 24.1 Å². The van der Waals surface area contributed by atoms with Crippen molar-refractivity contribution in [3.05, 3.63) is 65.9 Å². The summed E-state index contributed by atoms with van der Waals surface area (Å²) in [4.78, 5) is 3.22. The highest BCUT2D eigenvalue weighted by molar-refractivity contribution is 5.79. The van der Waals surface area contributed by atoms with E-state index in [1.807, 2.05) is 18.3 Å². The maximum absolute atomic E-state index is 5.28. The first-order valence-corrected chi connectivity index (χ1v) is 7.19. The molecule has 1 atom stereocenters. The highest BCUT2D eigenvalue weighted by Crippen LogP contribution is 2.20. The molecule has 3 rings (SSSR count). The number of aromatic amines is 1. The van der Waals surface area contributed by atoms with Gasteiger partial charge < -0.3 is 15.0 Å². The lowest BCUT2D eigenvalue weighted by atomic mass is 10.1. The smallest absolute Gasteiger partial charge is 0.119 e. The van der Waals surface area contributed by atoms with Crippen LogP contribution < -0.4 is 10.1 Å². The molecular weight excluding hydrogens is 260 g/mol. The molecule has 0 fully saturated rings. The van der Waals surface area contributed by atoms with Gasteiger partial charge in [-0.2, -0.15) is 0 Å². The molecule has 0 bridgehead atoms. The lowest BCUT2D eigenvalue weighted by molar-refractivity contribution is 0.413. The van der Waals surface area contributed by atoms with Crippen LogP contribution in [-0.2, 0) is 6.54 Å². The van der Waals surface area contributed by atoms with Gasteiger partial charge in [-0.15, -0.1) is 0 Å². The Morgan fingerprint density at radius 3 is 2.90 bits per heavy atom. The number of methoxy groups -OCH3 is 1. The molecule has 1 heterocycles. The average Bonchev–Trinajstić information content (AvgIpc) is 3.00. The lowest BCUT2D eigenvalue weighted by Crippen LogP contribution is -2.18. The van der Waals surface area contributed by atoms with Crippen LogP contribution in [0.4, 0.5) is 0 Å². The molecule has 0 spiro atoms. The molecule has 0 unspecified atom stereocenters. The summed E-state index contributed by atoms with van der Waals surface area (Å²) in [7, 11) is 1.70. The third-order valence-electron chi connectivity index (χ3n) is 3.82. The number of hydrogen-bond acceptors (Lipinski definition) is 2. The van der Waals surface area contributed by atoms with E-state index < -0.39 is 0 Å². The normalized spacial score (nSPS) is 12.5. The zero-order valence-electron chi connectivity index (χ0n) is 12.4. The molecule has 1 aromatic heterocycles. The second kappa shape index (κ2) is 6.02. The molecule has 0 radical (unpaired) electrons. The van der Waals surface area contributed by atoms with Crippen LogP contribution in [0.15, 0.2) is 54.7 Å². The van der Waals surface area contributed by atoms with E-state index >= 15 is 0 Å². The number of nitrogens with one attached hydrogen (secondary N) is 2. The Morgan fingerprint density at radius 2 is 2.05 bits per heavy atom. The summed E-state index contributed by atoms with van der Waals surface area (Å²) in [6.45, 7) is 3.02. The number of ether oxygens (including phenoxy) is 1. The first kappa shape index (κ1) is 13.7. The molecule has 0 amide bonds. The average molecular weight is 280 g/mol. The van der Waals surface area contributed by atoms with Gasteiger partial charge in [0.05, 0.1) is 7.11 Å². The van der Waals surface area contributed by atoms with Gasteiger partial charge in [0.1, 0.15) is 5.75 Å². The minimum Gasteiger partial charge on any atom is -0.497 e. The van der Waals surface area contributed by atoms with E-state index in [1.54, 1.807) is 7.11 Å². The van der Waals surface area contributed by atoms with Crippen LogP contribution in [0, 0.1) is 0 Å². The summed E-state index contributed by atoms with van der Waals surface area (Å²) in [6.07, 6.45) is 1.97. The van der Waals surface area contributed by atoms with Gasteiger partial charge in [-0.1, -0.05) is 18.2 Å². The van der Waals surface area contributed by atoms with Gasteiger partial charge in [-0.05, 0) is 53.8 Å². The molecular formula is C18H20N2O. The first-order valence-electron chi connectivity index (χ1n) is 7.19. The molecule has 3 aromatic rings. The van der Waals surface area contributed by atoms with E-state index in [2.05, 4.69) is 53.6 Å². The summed E-state index contributed by atoms with van der Waals surface area (Å²) in [5.41, 5.74) is 3.70. The van der Waals surface area contributed by atoms with Crippen molar-refractivity contribution >= 4 is 10.9 Å². The van der Waals surface area contributed by atoms with E-state index in [0.717, 1.165) is 12.3 Å². The van der Waals surface area contributed by atoms with Crippen molar-refractivity contribution in [2.75, 3.05) is 7.11 Å². The molecule has 0 saturated heterocycles. The van der Waals surface area contributed by atoms with Gasteiger partial charge in [-0.25, -0.2) is 0 Å². The molecule has 3 heteroatoms. The van der Waals surface area contributed by atoms with Gasteiger partial charge in [-0.3, -0.25) is 0 Å². The van der Waals surface area contributed by atoms with Crippen molar-refractivity contribution in [3.63, 3.8) is 0 Å². The van der Waals surface area contributed by atoms with Gasteiger partial charge in [0.25, 0.3) is 0 Å². The zero-order valence-corrected chi connectivity index (χ0v) is 12.4. The number of aromatic nitrogens is 1. The van der Waals surface area contributed by atoms with Crippen molar-refractivity contribution in [1.82, 2.24) is 10.3 Å². The molecule has 2 aromatic carbocycles. The Bertz CT molecular complexity index is 733. The standard InChI is InChI=1S/C18H20N2O/c1-13(15-4-3-5-17(11-15)21-2)20-12-14-6-7-18-16(10-14)8-9-19-18/h3-11,13,19-20H,12H2,1-2H3/t13-/m0/s1. The summed E-state index contributed by atoms with van der Waals surface area (Å²) in [5.74, 6) is 0.898. The van der Waals surface area contributed by atoms with E-state index in [9.17, 15) is 0 Å². The molecule has 3 nitrogen and oxygen atoms in total. The number of fused-ring (bicyclic) bond motifs is 1. The minimum absolute atomic E-state index is 0.280. The van der Waals surface area contributed by atoms with Crippen LogP contribution >= 0.6 is 0 Å².